The maximum Gasteiger partial charge on any atom is 0.416 e. The quantitative estimate of drug-likeness (QED) is 0.725. The molecule has 1 nitrogen and oxygen atoms in total. The van der Waals surface area contributed by atoms with Crippen molar-refractivity contribution in [2.24, 2.45) is 0 Å². The summed E-state index contributed by atoms with van der Waals surface area (Å²) in [5.74, 6) is 0.672. The predicted molar refractivity (Wildman–Crippen MR) is 72.8 cm³/mol. The van der Waals surface area contributed by atoms with E-state index in [2.05, 4.69) is 6.58 Å². The molecule has 0 N–H and O–H groups in total. The molecule has 0 aromatic heterocycles. The molecule has 0 aliphatic rings. The van der Waals surface area contributed by atoms with Crippen LogP contribution in [0.25, 0.3) is 6.08 Å². The number of hydrogen-bond donors (Lipinski definition) is 0. The number of aryl methyl sites for hydroxylation is 1. The van der Waals surface area contributed by atoms with E-state index in [9.17, 15) is 13.2 Å². The highest BCUT2D eigenvalue weighted by atomic mass is 19.4. The van der Waals surface area contributed by atoms with E-state index in [1.807, 2.05) is 19.1 Å². The van der Waals surface area contributed by atoms with Crippen LogP contribution in [0.3, 0.4) is 0 Å². The maximum atomic E-state index is 12.6. The Morgan fingerprint density at radius 2 is 1.85 bits per heavy atom. The summed E-state index contributed by atoms with van der Waals surface area (Å²) in [6.45, 7) is 5.48. The average molecular weight is 278 g/mol. The first kappa shape index (κ1) is 14.2. The molecule has 2 aromatic rings. The first-order chi connectivity index (χ1) is 9.40. The molecule has 20 heavy (non-hydrogen) atoms. The SMILES string of the molecule is C=Cc1ccc(C)c(Oc2cccc(C(F)(F)F)c2)c1. The summed E-state index contributed by atoms with van der Waals surface area (Å²) in [5, 5.41) is 0. The van der Waals surface area contributed by atoms with Crippen LogP contribution in [0.1, 0.15) is 16.7 Å². The second-order valence-electron chi connectivity index (χ2n) is 4.36. The molecule has 0 radical (unpaired) electrons. The number of ether oxygens (including phenoxy) is 1. The van der Waals surface area contributed by atoms with Crippen molar-refractivity contribution in [3.05, 3.63) is 65.7 Å². The van der Waals surface area contributed by atoms with Crippen molar-refractivity contribution in [3.63, 3.8) is 0 Å². The Morgan fingerprint density at radius 3 is 2.50 bits per heavy atom. The zero-order valence-corrected chi connectivity index (χ0v) is 10.9. The molecule has 4 heteroatoms. The lowest BCUT2D eigenvalue weighted by atomic mass is 10.1. The first-order valence-electron chi connectivity index (χ1n) is 5.98. The van der Waals surface area contributed by atoms with Crippen LogP contribution < -0.4 is 4.74 Å². The molecule has 0 heterocycles. The molecular weight excluding hydrogens is 265 g/mol. The number of alkyl halides is 3. The highest BCUT2D eigenvalue weighted by Gasteiger charge is 2.30. The van der Waals surface area contributed by atoms with Gasteiger partial charge in [0.05, 0.1) is 5.56 Å². The van der Waals surface area contributed by atoms with Crippen LogP contribution in [0.2, 0.25) is 0 Å². The lowest BCUT2D eigenvalue weighted by molar-refractivity contribution is -0.137. The largest absolute Gasteiger partial charge is 0.457 e. The predicted octanol–water partition coefficient (Wildman–Crippen LogP) is 5.45. The molecule has 104 valence electrons. The van der Waals surface area contributed by atoms with Gasteiger partial charge >= 0.3 is 6.18 Å². The third-order valence-corrected chi connectivity index (χ3v) is 2.84. The summed E-state index contributed by atoms with van der Waals surface area (Å²) < 4.78 is 43.4. The molecule has 2 aromatic carbocycles. The standard InChI is InChI=1S/C16H13F3O/c1-3-12-8-7-11(2)15(9-12)20-14-6-4-5-13(10-14)16(17,18)19/h3-10H,1H2,2H3. The summed E-state index contributed by atoms with van der Waals surface area (Å²) in [4.78, 5) is 0. The van der Waals surface area contributed by atoms with Gasteiger partial charge in [-0.15, -0.1) is 0 Å². The lowest BCUT2D eigenvalue weighted by Gasteiger charge is -2.12. The number of rotatable bonds is 3. The molecule has 0 atom stereocenters. The smallest absolute Gasteiger partial charge is 0.416 e. The fourth-order valence-electron chi connectivity index (χ4n) is 1.72. The number of benzene rings is 2. The molecule has 2 rings (SSSR count). The zero-order chi connectivity index (χ0) is 14.8. The zero-order valence-electron chi connectivity index (χ0n) is 10.9. The molecule has 0 saturated carbocycles. The van der Waals surface area contributed by atoms with Gasteiger partial charge in [-0.05, 0) is 42.3 Å². The van der Waals surface area contributed by atoms with E-state index in [0.29, 0.717) is 5.75 Å². The van der Waals surface area contributed by atoms with Gasteiger partial charge in [-0.2, -0.15) is 13.2 Å². The molecule has 0 bridgehead atoms. The molecule has 0 amide bonds. The van der Waals surface area contributed by atoms with Crippen LogP contribution in [0.5, 0.6) is 11.5 Å². The lowest BCUT2D eigenvalue weighted by Crippen LogP contribution is -2.04. The average Bonchev–Trinajstić information content (AvgIpc) is 2.41. The minimum atomic E-state index is -4.38. The van der Waals surface area contributed by atoms with Gasteiger partial charge in [-0.3, -0.25) is 0 Å². The summed E-state index contributed by atoms with van der Waals surface area (Å²) in [6, 6.07) is 10.3. The third-order valence-electron chi connectivity index (χ3n) is 2.84. The molecule has 0 spiro atoms. The van der Waals surface area contributed by atoms with Gasteiger partial charge in [0.15, 0.2) is 0 Å². The van der Waals surface area contributed by atoms with Crippen molar-refractivity contribution >= 4 is 6.08 Å². The summed E-state index contributed by atoms with van der Waals surface area (Å²) in [7, 11) is 0. The van der Waals surface area contributed by atoms with Crippen LogP contribution in [-0.2, 0) is 6.18 Å². The van der Waals surface area contributed by atoms with E-state index in [0.717, 1.165) is 23.3 Å². The van der Waals surface area contributed by atoms with Gasteiger partial charge in [0, 0.05) is 0 Å². The summed E-state index contributed by atoms with van der Waals surface area (Å²) in [5.41, 5.74) is 0.957. The Kier molecular flexibility index (Phi) is 3.84. The second kappa shape index (κ2) is 5.41. The minimum Gasteiger partial charge on any atom is -0.457 e. The fraction of sp³-hybridized carbons (Fsp3) is 0.125. The van der Waals surface area contributed by atoms with Gasteiger partial charge in [-0.25, -0.2) is 0 Å². The van der Waals surface area contributed by atoms with E-state index in [1.54, 1.807) is 12.1 Å². The van der Waals surface area contributed by atoms with E-state index in [4.69, 9.17) is 4.74 Å². The van der Waals surface area contributed by atoms with Crippen molar-refractivity contribution in [1.82, 2.24) is 0 Å². The summed E-state index contributed by atoms with van der Waals surface area (Å²) in [6.07, 6.45) is -2.73. The Labute approximate surface area is 115 Å². The van der Waals surface area contributed by atoms with Gasteiger partial charge in [0.1, 0.15) is 11.5 Å². The van der Waals surface area contributed by atoms with E-state index >= 15 is 0 Å². The van der Waals surface area contributed by atoms with Crippen LogP contribution in [0.15, 0.2) is 49.0 Å². The van der Waals surface area contributed by atoms with Crippen molar-refractivity contribution in [1.29, 1.82) is 0 Å². The molecule has 0 saturated heterocycles. The summed E-state index contributed by atoms with van der Waals surface area (Å²) >= 11 is 0. The first-order valence-corrected chi connectivity index (χ1v) is 5.98. The third kappa shape index (κ3) is 3.20. The van der Waals surface area contributed by atoms with Crippen molar-refractivity contribution in [2.75, 3.05) is 0 Å². The van der Waals surface area contributed by atoms with Gasteiger partial charge < -0.3 is 4.74 Å². The minimum absolute atomic E-state index is 0.157. The van der Waals surface area contributed by atoms with Crippen molar-refractivity contribution in [3.8, 4) is 11.5 Å². The van der Waals surface area contributed by atoms with Crippen molar-refractivity contribution in [2.45, 2.75) is 13.1 Å². The van der Waals surface area contributed by atoms with Crippen LogP contribution in [-0.4, -0.2) is 0 Å². The number of halogens is 3. The van der Waals surface area contributed by atoms with Crippen molar-refractivity contribution < 1.29 is 17.9 Å². The van der Waals surface area contributed by atoms with Gasteiger partial charge in [-0.1, -0.05) is 30.9 Å². The molecular formula is C16H13F3O. The molecule has 0 aliphatic heterocycles. The molecule has 0 fully saturated rings. The maximum absolute atomic E-state index is 12.6. The Hall–Kier alpha value is -2.23. The van der Waals surface area contributed by atoms with E-state index in [-0.39, 0.29) is 5.75 Å². The fourth-order valence-corrected chi connectivity index (χ4v) is 1.72. The van der Waals surface area contributed by atoms with Crippen LogP contribution in [0, 0.1) is 6.92 Å². The Bertz CT molecular complexity index is 630. The highest BCUT2D eigenvalue weighted by Crippen LogP contribution is 2.33. The van der Waals surface area contributed by atoms with Gasteiger partial charge in [0.25, 0.3) is 0 Å². The molecule has 0 unspecified atom stereocenters. The monoisotopic (exact) mass is 278 g/mol. The van der Waals surface area contributed by atoms with Crippen LogP contribution in [0.4, 0.5) is 13.2 Å². The topological polar surface area (TPSA) is 9.23 Å². The van der Waals surface area contributed by atoms with E-state index < -0.39 is 11.7 Å². The van der Waals surface area contributed by atoms with E-state index in [1.165, 1.54) is 12.1 Å². The molecule has 0 aliphatic carbocycles. The van der Waals surface area contributed by atoms with Gasteiger partial charge in [0.2, 0.25) is 0 Å². The van der Waals surface area contributed by atoms with Crippen LogP contribution >= 0.6 is 0 Å². The Morgan fingerprint density at radius 1 is 1.10 bits per heavy atom. The normalized spacial score (nSPS) is 11.2. The number of hydrogen-bond acceptors (Lipinski definition) is 1. The second-order valence-corrected chi connectivity index (χ2v) is 4.36. The highest BCUT2D eigenvalue weighted by molar-refractivity contribution is 5.52. The Balaban J connectivity index is 2.33.